The molecule has 1 aliphatic carbocycles. The van der Waals surface area contributed by atoms with Gasteiger partial charge in [-0.05, 0) is 67.3 Å². The molecule has 4 rings (SSSR count). The number of amides is 1. The van der Waals surface area contributed by atoms with E-state index < -0.39 is 6.10 Å². The Kier molecular flexibility index (Phi) is 7.16. The Hall–Kier alpha value is -1.98. The predicted octanol–water partition coefficient (Wildman–Crippen LogP) is 6.38. The number of carbonyl (C=O) groups excluding carboxylic acids is 1. The Morgan fingerprint density at radius 1 is 1.03 bits per heavy atom. The van der Waals surface area contributed by atoms with Crippen LogP contribution in [-0.2, 0) is 11.2 Å². The zero-order valence-electron chi connectivity index (χ0n) is 17.7. The molecular weight excluding hydrogens is 467 g/mol. The van der Waals surface area contributed by atoms with Crippen molar-refractivity contribution in [3.05, 3.63) is 74.9 Å². The van der Waals surface area contributed by atoms with Gasteiger partial charge in [-0.25, -0.2) is 0 Å². The van der Waals surface area contributed by atoms with Gasteiger partial charge in [0.15, 0.2) is 0 Å². The highest BCUT2D eigenvalue weighted by Gasteiger charge is 2.25. The summed E-state index contributed by atoms with van der Waals surface area (Å²) < 4.78 is 2.04. The molecular formula is C25H25Cl3N2O2. The van der Waals surface area contributed by atoms with Crippen LogP contribution >= 0.6 is 34.8 Å². The molecule has 0 spiro atoms. The molecule has 1 fully saturated rings. The Morgan fingerprint density at radius 3 is 2.41 bits per heavy atom. The van der Waals surface area contributed by atoms with Crippen LogP contribution in [0, 0.1) is 6.92 Å². The largest absolute Gasteiger partial charge is 0.391 e. The zero-order valence-corrected chi connectivity index (χ0v) is 20.0. The van der Waals surface area contributed by atoms with Crippen molar-refractivity contribution < 1.29 is 9.90 Å². The van der Waals surface area contributed by atoms with E-state index >= 15 is 0 Å². The Balaban J connectivity index is 1.70. The van der Waals surface area contributed by atoms with Crippen molar-refractivity contribution in [2.24, 2.45) is 0 Å². The lowest BCUT2D eigenvalue weighted by Gasteiger charge is -2.28. The van der Waals surface area contributed by atoms with Gasteiger partial charge in [-0.15, -0.1) is 0 Å². The van der Waals surface area contributed by atoms with Crippen LogP contribution in [0.3, 0.4) is 0 Å². The summed E-state index contributed by atoms with van der Waals surface area (Å²) in [6.45, 7) is 1.97. The van der Waals surface area contributed by atoms with Gasteiger partial charge in [0.1, 0.15) is 0 Å². The molecule has 32 heavy (non-hydrogen) atoms. The normalized spacial score (nSPS) is 18.5. The van der Waals surface area contributed by atoms with Crippen molar-refractivity contribution in [2.75, 3.05) is 0 Å². The van der Waals surface area contributed by atoms with Gasteiger partial charge >= 0.3 is 0 Å². The molecule has 2 aromatic carbocycles. The molecule has 1 aromatic heterocycles. The van der Waals surface area contributed by atoms with Gasteiger partial charge in [-0.3, -0.25) is 4.79 Å². The molecule has 1 aliphatic rings. The van der Waals surface area contributed by atoms with Crippen LogP contribution in [0.15, 0.2) is 48.5 Å². The van der Waals surface area contributed by atoms with E-state index in [4.69, 9.17) is 34.8 Å². The predicted molar refractivity (Wildman–Crippen MR) is 131 cm³/mol. The fourth-order valence-electron chi connectivity index (χ4n) is 4.35. The van der Waals surface area contributed by atoms with Crippen LogP contribution < -0.4 is 5.32 Å². The molecule has 0 saturated heterocycles. The van der Waals surface area contributed by atoms with Gasteiger partial charge in [0, 0.05) is 15.7 Å². The highest BCUT2D eigenvalue weighted by atomic mass is 35.5. The first-order chi connectivity index (χ1) is 15.3. The van der Waals surface area contributed by atoms with E-state index in [1.165, 1.54) is 0 Å². The summed E-state index contributed by atoms with van der Waals surface area (Å²) in [6, 6.07) is 14.8. The summed E-state index contributed by atoms with van der Waals surface area (Å²) in [6.07, 6.45) is 3.30. The molecule has 7 heteroatoms. The molecule has 1 heterocycles. The number of aliphatic hydroxyl groups excluding tert-OH is 1. The Bertz CT molecular complexity index is 1120. The molecule has 2 N–H and O–H groups in total. The van der Waals surface area contributed by atoms with E-state index in [2.05, 4.69) is 5.32 Å². The number of nitrogens with one attached hydrogen (secondary N) is 1. The summed E-state index contributed by atoms with van der Waals surface area (Å²) in [5.74, 6) is -0.0962. The van der Waals surface area contributed by atoms with Crippen LogP contribution in [0.4, 0.5) is 0 Å². The van der Waals surface area contributed by atoms with E-state index in [0.717, 1.165) is 53.9 Å². The van der Waals surface area contributed by atoms with E-state index in [9.17, 15) is 9.90 Å². The molecule has 3 aromatic rings. The number of halogens is 3. The van der Waals surface area contributed by atoms with Crippen LogP contribution in [0.5, 0.6) is 0 Å². The maximum Gasteiger partial charge on any atom is 0.224 e. The monoisotopic (exact) mass is 490 g/mol. The first-order valence-electron chi connectivity index (χ1n) is 10.7. The third kappa shape index (κ3) is 4.99. The summed E-state index contributed by atoms with van der Waals surface area (Å²) >= 11 is 18.8. The highest BCUT2D eigenvalue weighted by Crippen LogP contribution is 2.34. The Labute approximate surface area is 203 Å². The third-order valence-electron chi connectivity index (χ3n) is 6.07. The molecule has 0 aliphatic heterocycles. The van der Waals surface area contributed by atoms with Gasteiger partial charge < -0.3 is 15.0 Å². The quantitative estimate of drug-likeness (QED) is 0.435. The molecule has 1 saturated carbocycles. The fraction of sp³-hybridized carbons (Fsp3) is 0.320. The summed E-state index contributed by atoms with van der Waals surface area (Å²) in [7, 11) is 0. The second-order valence-corrected chi connectivity index (χ2v) is 9.56. The lowest BCUT2D eigenvalue weighted by atomic mass is 9.92. The molecule has 4 nitrogen and oxygen atoms in total. The average molecular weight is 492 g/mol. The minimum atomic E-state index is -0.476. The zero-order chi connectivity index (χ0) is 22.8. The van der Waals surface area contributed by atoms with Crippen LogP contribution in [0.25, 0.3) is 16.9 Å². The molecule has 168 valence electrons. The molecule has 0 bridgehead atoms. The summed E-state index contributed by atoms with van der Waals surface area (Å²) in [5, 5.41) is 15.0. The van der Waals surface area contributed by atoms with Crippen molar-refractivity contribution in [1.82, 2.24) is 9.88 Å². The lowest BCUT2D eigenvalue weighted by molar-refractivity contribution is -0.122. The van der Waals surface area contributed by atoms with E-state index in [1.807, 2.05) is 47.9 Å². The van der Waals surface area contributed by atoms with Crippen LogP contribution in [0.2, 0.25) is 15.1 Å². The molecule has 2 atom stereocenters. The van der Waals surface area contributed by atoms with Gasteiger partial charge in [0.25, 0.3) is 0 Å². The highest BCUT2D eigenvalue weighted by molar-refractivity contribution is 6.35. The van der Waals surface area contributed by atoms with Gasteiger partial charge in [-0.1, -0.05) is 59.8 Å². The SMILES string of the molecule is Cc1c(CC(=O)N[C@@H]2CCCC[C@@H]2O)cc(-c2ccc(Cl)cc2)n1-c1ccc(Cl)cc1Cl. The van der Waals surface area contributed by atoms with Crippen LogP contribution in [0.1, 0.15) is 36.9 Å². The topological polar surface area (TPSA) is 54.3 Å². The first-order valence-corrected chi connectivity index (χ1v) is 11.9. The number of benzene rings is 2. The van der Waals surface area contributed by atoms with Crippen molar-refractivity contribution in [2.45, 2.75) is 51.2 Å². The number of carbonyl (C=O) groups is 1. The smallest absolute Gasteiger partial charge is 0.224 e. The minimum absolute atomic E-state index is 0.0962. The summed E-state index contributed by atoms with van der Waals surface area (Å²) in [4.78, 5) is 12.8. The number of aliphatic hydroxyl groups is 1. The van der Waals surface area contributed by atoms with E-state index in [0.29, 0.717) is 15.1 Å². The third-order valence-corrected chi connectivity index (χ3v) is 6.86. The Morgan fingerprint density at radius 2 is 1.72 bits per heavy atom. The molecule has 0 unspecified atom stereocenters. The van der Waals surface area contributed by atoms with Crippen LogP contribution in [-0.4, -0.2) is 27.7 Å². The van der Waals surface area contributed by atoms with Gasteiger partial charge in [0.2, 0.25) is 5.91 Å². The lowest BCUT2D eigenvalue weighted by Crippen LogP contribution is -2.45. The van der Waals surface area contributed by atoms with Gasteiger partial charge in [-0.2, -0.15) is 0 Å². The van der Waals surface area contributed by atoms with E-state index in [-0.39, 0.29) is 18.4 Å². The average Bonchev–Trinajstić information content (AvgIpc) is 3.06. The second-order valence-electron chi connectivity index (χ2n) is 8.28. The van der Waals surface area contributed by atoms with Crippen molar-refractivity contribution >= 4 is 40.7 Å². The first kappa shape index (κ1) is 23.2. The maximum atomic E-state index is 12.8. The number of nitrogens with zero attached hydrogens (tertiary/aromatic N) is 1. The fourth-order valence-corrected chi connectivity index (χ4v) is 4.97. The van der Waals surface area contributed by atoms with Crippen molar-refractivity contribution in [3.63, 3.8) is 0 Å². The van der Waals surface area contributed by atoms with Crippen molar-refractivity contribution in [3.8, 4) is 16.9 Å². The number of hydrogen-bond acceptors (Lipinski definition) is 2. The second kappa shape index (κ2) is 9.88. The summed E-state index contributed by atoms with van der Waals surface area (Å²) in [5.41, 5.74) is 4.46. The van der Waals surface area contributed by atoms with E-state index in [1.54, 1.807) is 12.1 Å². The van der Waals surface area contributed by atoms with Crippen molar-refractivity contribution in [1.29, 1.82) is 0 Å². The van der Waals surface area contributed by atoms with Gasteiger partial charge in [0.05, 0.1) is 35.0 Å². The minimum Gasteiger partial charge on any atom is -0.391 e. The number of hydrogen-bond donors (Lipinski definition) is 2. The maximum absolute atomic E-state index is 12.8. The molecule has 1 amide bonds. The molecule has 0 radical (unpaired) electrons. The number of rotatable bonds is 5. The standard InChI is InChI=1S/C25H25Cl3N2O2/c1-15-17(13-25(32)29-21-4-2-3-5-24(21)31)12-23(16-6-8-18(26)9-7-16)30(15)22-11-10-19(27)14-20(22)28/h6-12,14,21,24,31H,2-5,13H2,1H3,(H,29,32)/t21-,24+/m1/s1. The number of aromatic nitrogens is 1.